The fraction of sp³-hybridized carbons (Fsp3) is 0.538. The number of benzene rings is 1. The Balaban J connectivity index is 2.58. The molecule has 1 aromatic carbocycles. The van der Waals surface area contributed by atoms with Crippen molar-refractivity contribution in [2.45, 2.75) is 46.0 Å². The highest BCUT2D eigenvalue weighted by Crippen LogP contribution is 2.30. The molecule has 0 unspecified atom stereocenters. The second-order valence-corrected chi connectivity index (χ2v) is 4.03. The standard InChI is InChI=1S/C13H20O2/c1-3-4-5-6-7-11-8-9-12(14)10(2)13(11)15/h8-9,14-15H,3-7H2,1-2H3. The van der Waals surface area contributed by atoms with Gasteiger partial charge in [0, 0.05) is 5.56 Å². The molecule has 0 atom stereocenters. The van der Waals surface area contributed by atoms with Gasteiger partial charge in [0.2, 0.25) is 0 Å². The van der Waals surface area contributed by atoms with Crippen LogP contribution in [0.2, 0.25) is 0 Å². The van der Waals surface area contributed by atoms with E-state index in [9.17, 15) is 10.2 Å². The Hall–Kier alpha value is -1.18. The molecule has 0 aromatic heterocycles. The van der Waals surface area contributed by atoms with Gasteiger partial charge in [-0.05, 0) is 31.4 Å². The first-order valence-electron chi connectivity index (χ1n) is 5.67. The lowest BCUT2D eigenvalue weighted by molar-refractivity contribution is 0.437. The summed E-state index contributed by atoms with van der Waals surface area (Å²) < 4.78 is 0. The van der Waals surface area contributed by atoms with Crippen LogP contribution in [0.4, 0.5) is 0 Å². The second-order valence-electron chi connectivity index (χ2n) is 4.03. The first-order valence-corrected chi connectivity index (χ1v) is 5.67. The van der Waals surface area contributed by atoms with Crippen LogP contribution in [0.3, 0.4) is 0 Å². The van der Waals surface area contributed by atoms with E-state index in [-0.39, 0.29) is 11.5 Å². The van der Waals surface area contributed by atoms with Crippen molar-refractivity contribution in [2.24, 2.45) is 0 Å². The highest BCUT2D eigenvalue weighted by atomic mass is 16.3. The molecular formula is C13H20O2. The minimum Gasteiger partial charge on any atom is -0.508 e. The maximum absolute atomic E-state index is 9.77. The zero-order valence-electron chi connectivity index (χ0n) is 9.58. The molecule has 1 rings (SSSR count). The summed E-state index contributed by atoms with van der Waals surface area (Å²) in [7, 11) is 0. The molecule has 0 heterocycles. The monoisotopic (exact) mass is 208 g/mol. The average Bonchev–Trinajstić information content (AvgIpc) is 2.24. The van der Waals surface area contributed by atoms with Gasteiger partial charge in [0.1, 0.15) is 11.5 Å². The molecule has 0 aliphatic rings. The Labute approximate surface area is 91.6 Å². The number of aryl methyl sites for hydroxylation is 1. The number of aromatic hydroxyl groups is 2. The molecule has 2 N–H and O–H groups in total. The summed E-state index contributed by atoms with van der Waals surface area (Å²) in [6.07, 6.45) is 5.67. The normalized spacial score (nSPS) is 10.5. The third-order valence-electron chi connectivity index (χ3n) is 2.79. The molecule has 15 heavy (non-hydrogen) atoms. The molecule has 0 amide bonds. The SMILES string of the molecule is CCCCCCc1ccc(O)c(C)c1O. The summed E-state index contributed by atoms with van der Waals surface area (Å²) in [5.41, 5.74) is 1.53. The van der Waals surface area contributed by atoms with Gasteiger partial charge < -0.3 is 10.2 Å². The minimum atomic E-state index is 0.171. The van der Waals surface area contributed by atoms with Gasteiger partial charge in [0.25, 0.3) is 0 Å². The number of phenolic OH excluding ortho intramolecular Hbond substituents is 2. The molecule has 0 fully saturated rings. The molecule has 0 spiro atoms. The molecule has 1 aromatic rings. The van der Waals surface area contributed by atoms with Gasteiger partial charge in [-0.1, -0.05) is 32.3 Å². The van der Waals surface area contributed by atoms with Crippen LogP contribution < -0.4 is 0 Å². The topological polar surface area (TPSA) is 40.5 Å². The average molecular weight is 208 g/mol. The molecule has 0 radical (unpaired) electrons. The fourth-order valence-electron chi connectivity index (χ4n) is 1.69. The van der Waals surface area contributed by atoms with Crippen LogP contribution in [0.25, 0.3) is 0 Å². The molecule has 84 valence electrons. The lowest BCUT2D eigenvalue weighted by Gasteiger charge is -2.08. The van der Waals surface area contributed by atoms with Crippen molar-refractivity contribution in [1.82, 2.24) is 0 Å². The van der Waals surface area contributed by atoms with Crippen LogP contribution in [-0.4, -0.2) is 10.2 Å². The third-order valence-corrected chi connectivity index (χ3v) is 2.79. The van der Waals surface area contributed by atoms with E-state index in [1.807, 2.05) is 6.07 Å². The summed E-state index contributed by atoms with van der Waals surface area (Å²) in [4.78, 5) is 0. The molecule has 2 heteroatoms. The first kappa shape index (κ1) is 11.9. The van der Waals surface area contributed by atoms with E-state index >= 15 is 0 Å². The molecular weight excluding hydrogens is 188 g/mol. The number of hydrogen-bond donors (Lipinski definition) is 2. The highest BCUT2D eigenvalue weighted by molar-refractivity contribution is 5.47. The summed E-state index contributed by atoms with van der Waals surface area (Å²) in [6, 6.07) is 3.47. The number of rotatable bonds is 5. The van der Waals surface area contributed by atoms with E-state index in [0.717, 1.165) is 18.4 Å². The molecule has 0 aliphatic carbocycles. The predicted octanol–water partition coefficient (Wildman–Crippen LogP) is 3.53. The van der Waals surface area contributed by atoms with Gasteiger partial charge in [-0.25, -0.2) is 0 Å². The molecule has 0 saturated carbocycles. The molecule has 0 saturated heterocycles. The molecule has 0 bridgehead atoms. The quantitative estimate of drug-likeness (QED) is 0.727. The molecule has 2 nitrogen and oxygen atoms in total. The van der Waals surface area contributed by atoms with Gasteiger partial charge in [-0.2, -0.15) is 0 Å². The van der Waals surface area contributed by atoms with E-state index in [0.29, 0.717) is 5.56 Å². The fourth-order valence-corrected chi connectivity index (χ4v) is 1.69. The van der Waals surface area contributed by atoms with E-state index in [4.69, 9.17) is 0 Å². The van der Waals surface area contributed by atoms with E-state index in [2.05, 4.69) is 6.92 Å². The Morgan fingerprint density at radius 3 is 2.47 bits per heavy atom. The van der Waals surface area contributed by atoms with Crippen molar-refractivity contribution in [3.8, 4) is 11.5 Å². The van der Waals surface area contributed by atoms with Crippen molar-refractivity contribution in [3.63, 3.8) is 0 Å². The smallest absolute Gasteiger partial charge is 0.125 e. The van der Waals surface area contributed by atoms with E-state index in [1.165, 1.54) is 19.3 Å². The van der Waals surface area contributed by atoms with E-state index < -0.39 is 0 Å². The Bertz CT molecular complexity index is 319. The Morgan fingerprint density at radius 2 is 1.80 bits per heavy atom. The van der Waals surface area contributed by atoms with Crippen LogP contribution in [0.15, 0.2) is 12.1 Å². The Morgan fingerprint density at radius 1 is 1.07 bits per heavy atom. The van der Waals surface area contributed by atoms with Gasteiger partial charge in [-0.15, -0.1) is 0 Å². The highest BCUT2D eigenvalue weighted by Gasteiger charge is 2.07. The van der Waals surface area contributed by atoms with Crippen molar-refractivity contribution < 1.29 is 10.2 Å². The van der Waals surface area contributed by atoms with Gasteiger partial charge >= 0.3 is 0 Å². The largest absolute Gasteiger partial charge is 0.508 e. The van der Waals surface area contributed by atoms with Crippen molar-refractivity contribution >= 4 is 0 Å². The van der Waals surface area contributed by atoms with Crippen LogP contribution >= 0.6 is 0 Å². The predicted molar refractivity (Wildman–Crippen MR) is 62.4 cm³/mol. The molecule has 0 aliphatic heterocycles. The second kappa shape index (κ2) is 5.64. The van der Waals surface area contributed by atoms with Gasteiger partial charge in [-0.3, -0.25) is 0 Å². The number of unbranched alkanes of at least 4 members (excludes halogenated alkanes) is 3. The zero-order valence-corrected chi connectivity index (χ0v) is 9.58. The minimum absolute atomic E-state index is 0.171. The number of hydrogen-bond acceptors (Lipinski definition) is 2. The third kappa shape index (κ3) is 3.15. The maximum atomic E-state index is 9.77. The van der Waals surface area contributed by atoms with Crippen LogP contribution in [0, 0.1) is 6.92 Å². The Kier molecular flexibility index (Phi) is 4.47. The summed E-state index contributed by atoms with van der Waals surface area (Å²) in [6.45, 7) is 3.92. The summed E-state index contributed by atoms with van der Waals surface area (Å²) >= 11 is 0. The van der Waals surface area contributed by atoms with Crippen LogP contribution in [-0.2, 0) is 6.42 Å². The van der Waals surface area contributed by atoms with Crippen LogP contribution in [0.5, 0.6) is 11.5 Å². The van der Waals surface area contributed by atoms with Crippen molar-refractivity contribution in [3.05, 3.63) is 23.3 Å². The maximum Gasteiger partial charge on any atom is 0.125 e. The zero-order chi connectivity index (χ0) is 11.3. The summed E-state index contributed by atoms with van der Waals surface area (Å²) in [5.74, 6) is 0.427. The van der Waals surface area contributed by atoms with Gasteiger partial charge in [0.05, 0.1) is 0 Å². The van der Waals surface area contributed by atoms with Gasteiger partial charge in [0.15, 0.2) is 0 Å². The van der Waals surface area contributed by atoms with Crippen molar-refractivity contribution in [1.29, 1.82) is 0 Å². The van der Waals surface area contributed by atoms with Crippen molar-refractivity contribution in [2.75, 3.05) is 0 Å². The lowest BCUT2D eigenvalue weighted by atomic mass is 10.0. The summed E-state index contributed by atoms with van der Waals surface area (Å²) in [5, 5.41) is 19.1. The lowest BCUT2D eigenvalue weighted by Crippen LogP contribution is -1.89. The first-order chi connectivity index (χ1) is 7.16. The van der Waals surface area contributed by atoms with E-state index in [1.54, 1.807) is 13.0 Å². The van der Waals surface area contributed by atoms with Crippen LogP contribution in [0.1, 0.15) is 43.7 Å². The number of phenols is 2.